The summed E-state index contributed by atoms with van der Waals surface area (Å²) < 4.78 is 0. The summed E-state index contributed by atoms with van der Waals surface area (Å²) in [6.45, 7) is 3.82. The fourth-order valence-electron chi connectivity index (χ4n) is 2.95. The van der Waals surface area contributed by atoms with Crippen LogP contribution in [0, 0.1) is 5.41 Å². The molecular weight excluding hydrogens is 334 g/mol. The molecule has 0 aliphatic rings. The number of rotatable bonds is 5. The number of hydrogen-bond donors (Lipinski definition) is 2. The lowest BCUT2D eigenvalue weighted by molar-refractivity contribution is -0.124. The summed E-state index contributed by atoms with van der Waals surface area (Å²) in [4.78, 5) is 13.0. The number of phenols is 1. The van der Waals surface area contributed by atoms with Gasteiger partial charge in [-0.15, -0.1) is 10.2 Å². The Kier molecular flexibility index (Phi) is 4.81. The lowest BCUT2D eigenvalue weighted by Gasteiger charge is -2.33. The fraction of sp³-hybridized carbons (Fsp3) is 0.211. The standard InChI is InChI=1S/C19H19N3O2S/c1-19(2,17(24)21-18-22-20-12-25-18)16(13-6-4-3-5-7-13)14-8-10-15(23)11-9-14/h3-12,16,23H,1-2H3,(H,21,22,24)/t16-/m1/s1. The zero-order valence-electron chi connectivity index (χ0n) is 14.0. The Bertz CT molecular complexity index is 831. The van der Waals surface area contributed by atoms with Crippen LogP contribution in [0.1, 0.15) is 30.9 Å². The van der Waals surface area contributed by atoms with E-state index in [-0.39, 0.29) is 17.6 Å². The molecule has 0 fully saturated rings. The second-order valence-corrected chi connectivity index (χ2v) is 7.19. The highest BCUT2D eigenvalue weighted by molar-refractivity contribution is 7.13. The number of carbonyl (C=O) groups is 1. The number of carbonyl (C=O) groups excluding carboxylic acids is 1. The monoisotopic (exact) mass is 353 g/mol. The molecule has 0 saturated heterocycles. The van der Waals surface area contributed by atoms with Crippen LogP contribution in [0.4, 0.5) is 5.13 Å². The van der Waals surface area contributed by atoms with Crippen LogP contribution in [0.25, 0.3) is 0 Å². The van der Waals surface area contributed by atoms with Gasteiger partial charge in [-0.05, 0) is 23.3 Å². The van der Waals surface area contributed by atoms with Crippen molar-refractivity contribution in [1.82, 2.24) is 10.2 Å². The molecular formula is C19H19N3O2S. The van der Waals surface area contributed by atoms with Gasteiger partial charge >= 0.3 is 0 Å². The highest BCUT2D eigenvalue weighted by Gasteiger charge is 2.39. The Morgan fingerprint density at radius 1 is 1.08 bits per heavy atom. The summed E-state index contributed by atoms with van der Waals surface area (Å²) in [6, 6.07) is 16.9. The van der Waals surface area contributed by atoms with Gasteiger partial charge in [0.2, 0.25) is 11.0 Å². The summed E-state index contributed by atoms with van der Waals surface area (Å²) in [5, 5.41) is 20.6. The van der Waals surface area contributed by atoms with E-state index in [0.717, 1.165) is 11.1 Å². The molecule has 5 nitrogen and oxygen atoms in total. The Morgan fingerprint density at radius 2 is 1.72 bits per heavy atom. The van der Waals surface area contributed by atoms with Crippen LogP contribution in [0.15, 0.2) is 60.1 Å². The number of aromatic nitrogens is 2. The largest absolute Gasteiger partial charge is 0.508 e. The van der Waals surface area contributed by atoms with Gasteiger partial charge in [-0.2, -0.15) is 0 Å². The predicted octanol–water partition coefficient (Wildman–Crippen LogP) is 4.04. The van der Waals surface area contributed by atoms with Gasteiger partial charge in [0.1, 0.15) is 11.3 Å². The summed E-state index contributed by atoms with van der Waals surface area (Å²) in [6.07, 6.45) is 0. The van der Waals surface area contributed by atoms with Gasteiger partial charge in [-0.3, -0.25) is 4.79 Å². The van der Waals surface area contributed by atoms with E-state index in [1.807, 2.05) is 56.3 Å². The fourth-order valence-corrected chi connectivity index (χ4v) is 3.39. The quantitative estimate of drug-likeness (QED) is 0.726. The van der Waals surface area contributed by atoms with E-state index in [1.165, 1.54) is 11.3 Å². The molecule has 3 rings (SSSR count). The van der Waals surface area contributed by atoms with Gasteiger partial charge in [0.25, 0.3) is 0 Å². The molecule has 1 atom stereocenters. The molecule has 2 aromatic carbocycles. The highest BCUT2D eigenvalue weighted by atomic mass is 32.1. The van der Waals surface area contributed by atoms with Crippen LogP contribution in [0.3, 0.4) is 0 Å². The van der Waals surface area contributed by atoms with Crippen LogP contribution in [0.5, 0.6) is 5.75 Å². The Hall–Kier alpha value is -2.73. The number of anilines is 1. The first-order chi connectivity index (χ1) is 12.0. The molecule has 1 amide bonds. The average molecular weight is 353 g/mol. The molecule has 0 radical (unpaired) electrons. The zero-order valence-corrected chi connectivity index (χ0v) is 14.8. The van der Waals surface area contributed by atoms with Crippen molar-refractivity contribution in [2.45, 2.75) is 19.8 Å². The molecule has 0 spiro atoms. The van der Waals surface area contributed by atoms with Gasteiger partial charge in [0.15, 0.2) is 0 Å². The van der Waals surface area contributed by atoms with E-state index >= 15 is 0 Å². The van der Waals surface area contributed by atoms with Gasteiger partial charge in [-0.1, -0.05) is 67.6 Å². The van der Waals surface area contributed by atoms with Crippen molar-refractivity contribution in [3.63, 3.8) is 0 Å². The number of hydrogen-bond acceptors (Lipinski definition) is 5. The number of phenolic OH excluding ortho intramolecular Hbond substituents is 1. The minimum atomic E-state index is -0.746. The molecule has 0 aliphatic carbocycles. The Labute approximate surface area is 150 Å². The first kappa shape index (κ1) is 17.1. The molecule has 2 N–H and O–H groups in total. The number of nitrogens with one attached hydrogen (secondary N) is 1. The van der Waals surface area contributed by atoms with Crippen LogP contribution in [0.2, 0.25) is 0 Å². The predicted molar refractivity (Wildman–Crippen MR) is 98.7 cm³/mol. The molecule has 3 aromatic rings. The first-order valence-electron chi connectivity index (χ1n) is 7.90. The van der Waals surface area contributed by atoms with Crippen LogP contribution in [-0.4, -0.2) is 21.2 Å². The van der Waals surface area contributed by atoms with Crippen molar-refractivity contribution in [2.75, 3.05) is 5.32 Å². The molecule has 0 saturated carbocycles. The maximum atomic E-state index is 13.0. The van der Waals surface area contributed by atoms with Crippen molar-refractivity contribution < 1.29 is 9.90 Å². The Morgan fingerprint density at radius 3 is 2.32 bits per heavy atom. The SMILES string of the molecule is CC(C)(C(=O)Nc1nncs1)[C@H](c1ccccc1)c1ccc(O)cc1. The summed E-state index contributed by atoms with van der Waals surface area (Å²) in [5.74, 6) is -0.111. The van der Waals surface area contributed by atoms with E-state index in [4.69, 9.17) is 0 Å². The van der Waals surface area contributed by atoms with E-state index in [1.54, 1.807) is 17.6 Å². The third kappa shape index (κ3) is 3.69. The maximum absolute atomic E-state index is 13.0. The number of nitrogens with zero attached hydrogens (tertiary/aromatic N) is 2. The third-order valence-electron chi connectivity index (χ3n) is 4.25. The van der Waals surface area contributed by atoms with Crippen LogP contribution < -0.4 is 5.32 Å². The molecule has 0 aliphatic heterocycles. The summed E-state index contributed by atoms with van der Waals surface area (Å²) in [7, 11) is 0. The van der Waals surface area contributed by atoms with Crippen molar-refractivity contribution in [3.8, 4) is 5.75 Å². The topological polar surface area (TPSA) is 75.1 Å². The van der Waals surface area contributed by atoms with E-state index in [0.29, 0.717) is 5.13 Å². The normalized spacial score (nSPS) is 12.6. The van der Waals surface area contributed by atoms with Crippen molar-refractivity contribution in [2.24, 2.45) is 5.41 Å². The zero-order chi connectivity index (χ0) is 17.9. The molecule has 6 heteroatoms. The second-order valence-electron chi connectivity index (χ2n) is 6.35. The van der Waals surface area contributed by atoms with Crippen molar-refractivity contribution in [3.05, 3.63) is 71.2 Å². The first-order valence-corrected chi connectivity index (χ1v) is 8.78. The lowest BCUT2D eigenvalue weighted by atomic mass is 9.70. The maximum Gasteiger partial charge on any atom is 0.232 e. The van der Waals surface area contributed by atoms with Crippen LogP contribution >= 0.6 is 11.3 Å². The summed E-state index contributed by atoms with van der Waals surface area (Å²) in [5.41, 5.74) is 2.83. The smallest absolute Gasteiger partial charge is 0.232 e. The van der Waals surface area contributed by atoms with Crippen molar-refractivity contribution >= 4 is 22.4 Å². The summed E-state index contributed by atoms with van der Waals surface area (Å²) >= 11 is 1.29. The number of amides is 1. The Balaban J connectivity index is 2.00. The number of benzene rings is 2. The molecule has 0 unspecified atom stereocenters. The van der Waals surface area contributed by atoms with E-state index < -0.39 is 5.41 Å². The van der Waals surface area contributed by atoms with Gasteiger partial charge in [-0.25, -0.2) is 0 Å². The van der Waals surface area contributed by atoms with Crippen molar-refractivity contribution in [1.29, 1.82) is 0 Å². The molecule has 0 bridgehead atoms. The van der Waals surface area contributed by atoms with Gasteiger partial charge in [0.05, 0.1) is 5.41 Å². The third-order valence-corrected chi connectivity index (χ3v) is 4.85. The van der Waals surface area contributed by atoms with Gasteiger partial charge in [0, 0.05) is 5.92 Å². The average Bonchev–Trinajstić information content (AvgIpc) is 3.11. The number of aromatic hydroxyl groups is 1. The lowest BCUT2D eigenvalue weighted by Crippen LogP contribution is -2.37. The van der Waals surface area contributed by atoms with Gasteiger partial charge < -0.3 is 10.4 Å². The van der Waals surface area contributed by atoms with Crippen LogP contribution in [-0.2, 0) is 4.79 Å². The minimum Gasteiger partial charge on any atom is -0.508 e. The van der Waals surface area contributed by atoms with E-state index in [2.05, 4.69) is 15.5 Å². The molecule has 25 heavy (non-hydrogen) atoms. The highest BCUT2D eigenvalue weighted by Crippen LogP contribution is 2.42. The molecule has 128 valence electrons. The second kappa shape index (κ2) is 7.03. The molecule has 1 heterocycles. The van der Waals surface area contributed by atoms with E-state index in [9.17, 15) is 9.90 Å². The molecule has 1 aromatic heterocycles. The minimum absolute atomic E-state index is 0.133.